The summed E-state index contributed by atoms with van der Waals surface area (Å²) < 4.78 is 0. The number of aryl methyl sites for hydroxylation is 2. The Morgan fingerprint density at radius 3 is 2.55 bits per heavy atom. The van der Waals surface area contributed by atoms with Crippen LogP contribution in [0.25, 0.3) is 0 Å². The van der Waals surface area contributed by atoms with Crippen LogP contribution in [0.2, 0.25) is 10.0 Å². The molecule has 0 radical (unpaired) electrons. The van der Waals surface area contributed by atoms with Gasteiger partial charge in [0.1, 0.15) is 0 Å². The van der Waals surface area contributed by atoms with Crippen LogP contribution in [0.3, 0.4) is 0 Å². The van der Waals surface area contributed by atoms with E-state index in [1.807, 2.05) is 25.2 Å². The van der Waals surface area contributed by atoms with Crippen molar-refractivity contribution in [2.45, 2.75) is 25.8 Å². The summed E-state index contributed by atoms with van der Waals surface area (Å²) in [6, 6.07) is 14.3. The summed E-state index contributed by atoms with van der Waals surface area (Å²) in [5.41, 5.74) is 3.78. The highest BCUT2D eigenvalue weighted by Crippen LogP contribution is 2.29. The van der Waals surface area contributed by atoms with E-state index in [1.54, 1.807) is 0 Å². The average molecular weight is 308 g/mol. The van der Waals surface area contributed by atoms with E-state index in [1.165, 1.54) is 11.1 Å². The summed E-state index contributed by atoms with van der Waals surface area (Å²) in [6.45, 7) is 2.15. The molecule has 20 heavy (non-hydrogen) atoms. The summed E-state index contributed by atoms with van der Waals surface area (Å²) in [5, 5.41) is 4.82. The van der Waals surface area contributed by atoms with E-state index in [-0.39, 0.29) is 6.04 Å². The number of benzene rings is 2. The summed E-state index contributed by atoms with van der Waals surface area (Å²) in [7, 11) is 1.96. The lowest BCUT2D eigenvalue weighted by molar-refractivity contribution is 0.549. The molecule has 1 nitrogen and oxygen atoms in total. The molecule has 0 fully saturated rings. The van der Waals surface area contributed by atoms with Crippen LogP contribution in [-0.2, 0) is 6.42 Å². The maximum absolute atomic E-state index is 6.28. The van der Waals surface area contributed by atoms with Gasteiger partial charge in [-0.25, -0.2) is 0 Å². The van der Waals surface area contributed by atoms with Gasteiger partial charge in [0.15, 0.2) is 0 Å². The maximum Gasteiger partial charge on any atom is 0.0454 e. The molecule has 0 saturated heterocycles. The van der Waals surface area contributed by atoms with Gasteiger partial charge >= 0.3 is 0 Å². The molecule has 0 aromatic heterocycles. The van der Waals surface area contributed by atoms with Gasteiger partial charge in [-0.3, -0.25) is 0 Å². The van der Waals surface area contributed by atoms with Gasteiger partial charge < -0.3 is 5.32 Å². The second-order valence-electron chi connectivity index (χ2n) is 4.97. The fraction of sp³-hybridized carbons (Fsp3) is 0.294. The van der Waals surface area contributed by atoms with Crippen LogP contribution in [0.5, 0.6) is 0 Å². The second kappa shape index (κ2) is 7.12. The number of rotatable bonds is 5. The molecule has 0 aliphatic rings. The SMILES string of the molecule is CNC(CCc1ccccc1C)c1cc(Cl)ccc1Cl. The van der Waals surface area contributed by atoms with E-state index in [0.717, 1.165) is 28.5 Å². The van der Waals surface area contributed by atoms with Crippen LogP contribution in [-0.4, -0.2) is 7.05 Å². The third-order valence-corrected chi connectivity index (χ3v) is 4.22. The van der Waals surface area contributed by atoms with Gasteiger partial charge in [-0.2, -0.15) is 0 Å². The fourth-order valence-electron chi connectivity index (χ4n) is 2.43. The zero-order chi connectivity index (χ0) is 14.5. The number of nitrogens with one attached hydrogen (secondary N) is 1. The smallest absolute Gasteiger partial charge is 0.0454 e. The van der Waals surface area contributed by atoms with Crippen molar-refractivity contribution in [3.63, 3.8) is 0 Å². The Kier molecular flexibility index (Phi) is 5.47. The first-order valence-corrected chi connectivity index (χ1v) is 7.54. The first-order chi connectivity index (χ1) is 9.61. The van der Waals surface area contributed by atoms with Crippen molar-refractivity contribution in [3.8, 4) is 0 Å². The Labute approximate surface area is 130 Å². The quantitative estimate of drug-likeness (QED) is 0.801. The van der Waals surface area contributed by atoms with Crippen molar-refractivity contribution in [2.24, 2.45) is 0 Å². The van der Waals surface area contributed by atoms with E-state index in [4.69, 9.17) is 23.2 Å². The normalized spacial score (nSPS) is 12.4. The van der Waals surface area contributed by atoms with Gasteiger partial charge in [0.25, 0.3) is 0 Å². The predicted octanol–water partition coefficient (Wildman–Crippen LogP) is 5.20. The summed E-state index contributed by atoms with van der Waals surface area (Å²) in [5.74, 6) is 0. The zero-order valence-corrected chi connectivity index (χ0v) is 13.3. The van der Waals surface area contributed by atoms with Crippen LogP contribution in [0.15, 0.2) is 42.5 Å². The first kappa shape index (κ1) is 15.4. The van der Waals surface area contributed by atoms with Gasteiger partial charge in [-0.15, -0.1) is 0 Å². The molecule has 1 N–H and O–H groups in total. The molecular weight excluding hydrogens is 289 g/mol. The van der Waals surface area contributed by atoms with E-state index >= 15 is 0 Å². The monoisotopic (exact) mass is 307 g/mol. The van der Waals surface area contributed by atoms with Crippen LogP contribution in [0, 0.1) is 6.92 Å². The molecule has 0 bridgehead atoms. The molecule has 2 aromatic carbocycles. The molecule has 106 valence electrons. The molecule has 0 aliphatic carbocycles. The van der Waals surface area contributed by atoms with E-state index in [0.29, 0.717) is 0 Å². The fourth-order valence-corrected chi connectivity index (χ4v) is 2.86. The molecule has 0 saturated carbocycles. The second-order valence-corrected chi connectivity index (χ2v) is 5.82. The minimum Gasteiger partial charge on any atom is -0.313 e. The predicted molar refractivity (Wildman–Crippen MR) is 87.8 cm³/mol. The van der Waals surface area contributed by atoms with Crippen LogP contribution < -0.4 is 5.32 Å². The molecule has 3 heteroatoms. The minimum absolute atomic E-state index is 0.209. The first-order valence-electron chi connectivity index (χ1n) is 6.78. The van der Waals surface area contributed by atoms with Crippen molar-refractivity contribution >= 4 is 23.2 Å². The minimum atomic E-state index is 0.209. The molecule has 2 aromatic rings. The summed E-state index contributed by atoms with van der Waals surface area (Å²) in [6.07, 6.45) is 2.00. The van der Waals surface area contributed by atoms with Crippen molar-refractivity contribution < 1.29 is 0 Å². The Morgan fingerprint density at radius 1 is 1.10 bits per heavy atom. The maximum atomic E-state index is 6.28. The number of hydrogen-bond donors (Lipinski definition) is 1. The Hall–Kier alpha value is -1.02. The molecule has 2 rings (SSSR count). The van der Waals surface area contributed by atoms with Gasteiger partial charge in [0.2, 0.25) is 0 Å². The molecule has 1 atom stereocenters. The standard InChI is InChI=1S/C17H19Cl2N/c1-12-5-3-4-6-13(12)7-10-17(20-2)15-11-14(18)8-9-16(15)19/h3-6,8-9,11,17,20H,7,10H2,1-2H3. The Morgan fingerprint density at radius 2 is 1.85 bits per heavy atom. The van der Waals surface area contributed by atoms with E-state index < -0.39 is 0 Å². The molecule has 1 unspecified atom stereocenters. The van der Waals surface area contributed by atoms with Gasteiger partial charge in [0.05, 0.1) is 0 Å². The van der Waals surface area contributed by atoms with Crippen LogP contribution in [0.1, 0.15) is 29.2 Å². The number of hydrogen-bond acceptors (Lipinski definition) is 1. The van der Waals surface area contributed by atoms with E-state index in [9.17, 15) is 0 Å². The topological polar surface area (TPSA) is 12.0 Å². The third-order valence-electron chi connectivity index (χ3n) is 3.65. The third kappa shape index (κ3) is 3.76. The largest absolute Gasteiger partial charge is 0.313 e. The van der Waals surface area contributed by atoms with Crippen molar-refractivity contribution in [1.82, 2.24) is 5.32 Å². The number of halogens is 2. The van der Waals surface area contributed by atoms with Gasteiger partial charge in [0, 0.05) is 16.1 Å². The van der Waals surface area contributed by atoms with Gasteiger partial charge in [-0.1, -0.05) is 47.5 Å². The highest BCUT2D eigenvalue weighted by molar-refractivity contribution is 6.33. The highest BCUT2D eigenvalue weighted by Gasteiger charge is 2.14. The Balaban J connectivity index is 2.13. The zero-order valence-electron chi connectivity index (χ0n) is 11.8. The lowest BCUT2D eigenvalue weighted by atomic mass is 9.97. The molecule has 0 heterocycles. The van der Waals surface area contributed by atoms with Crippen molar-refractivity contribution in [3.05, 3.63) is 69.2 Å². The molecule has 0 aliphatic heterocycles. The van der Waals surface area contributed by atoms with Crippen LogP contribution in [0.4, 0.5) is 0 Å². The molecule has 0 spiro atoms. The lowest BCUT2D eigenvalue weighted by Gasteiger charge is -2.19. The van der Waals surface area contributed by atoms with Crippen molar-refractivity contribution in [2.75, 3.05) is 7.05 Å². The molecule has 0 amide bonds. The van der Waals surface area contributed by atoms with Gasteiger partial charge in [-0.05, 0) is 61.7 Å². The highest BCUT2D eigenvalue weighted by atomic mass is 35.5. The summed E-state index contributed by atoms with van der Waals surface area (Å²) >= 11 is 12.4. The molecular formula is C17H19Cl2N. The summed E-state index contributed by atoms with van der Waals surface area (Å²) in [4.78, 5) is 0. The van der Waals surface area contributed by atoms with E-state index in [2.05, 4.69) is 36.5 Å². The van der Waals surface area contributed by atoms with Crippen molar-refractivity contribution in [1.29, 1.82) is 0 Å². The average Bonchev–Trinajstić information content (AvgIpc) is 2.45. The van der Waals surface area contributed by atoms with Crippen LogP contribution >= 0.6 is 23.2 Å². The lowest BCUT2D eigenvalue weighted by Crippen LogP contribution is -2.17. The Bertz CT molecular complexity index is 581.